The summed E-state index contributed by atoms with van der Waals surface area (Å²) in [5.74, 6) is 0.327. The molecule has 1 aliphatic heterocycles. The predicted molar refractivity (Wildman–Crippen MR) is 107 cm³/mol. The topological polar surface area (TPSA) is 63.2 Å². The molecule has 0 spiro atoms. The molecule has 1 aliphatic carbocycles. The van der Waals surface area contributed by atoms with E-state index >= 15 is 0 Å². The van der Waals surface area contributed by atoms with E-state index in [1.165, 1.54) is 4.70 Å². The van der Waals surface area contributed by atoms with Gasteiger partial charge in [0.25, 0.3) is 0 Å². The van der Waals surface area contributed by atoms with Gasteiger partial charge in [-0.15, -0.1) is 23.7 Å². The van der Waals surface area contributed by atoms with Crippen LogP contribution in [0.25, 0.3) is 10.2 Å². The summed E-state index contributed by atoms with van der Waals surface area (Å²) in [7, 11) is 0. The summed E-state index contributed by atoms with van der Waals surface area (Å²) in [5, 5.41) is 7.77. The van der Waals surface area contributed by atoms with E-state index in [9.17, 15) is 4.79 Å². The standard InChI is InChI=1S/C19H25N3O2S.ClH/c23-19(13-7-8-16-15(12-13)20-10-11-24-16)21-9-3-6-18-22-14-4-1-2-5-17(14)25-18;/h1-2,4-5,13,15-16,20H,3,6-12H2,(H,21,23);1H/t13-,15+,16+;/m0./s1. The first-order valence-corrected chi connectivity index (χ1v) is 10.1. The highest BCUT2D eigenvalue weighted by Crippen LogP contribution is 2.28. The first-order chi connectivity index (χ1) is 12.3. The van der Waals surface area contributed by atoms with Crippen LogP contribution in [0.3, 0.4) is 0 Å². The minimum absolute atomic E-state index is 0. The van der Waals surface area contributed by atoms with Crippen molar-refractivity contribution >= 4 is 39.9 Å². The summed E-state index contributed by atoms with van der Waals surface area (Å²) in [6, 6.07) is 8.58. The molecule has 142 valence electrons. The van der Waals surface area contributed by atoms with Gasteiger partial charge in [-0.2, -0.15) is 0 Å². The first kappa shape index (κ1) is 19.5. The van der Waals surface area contributed by atoms with E-state index < -0.39 is 0 Å². The maximum atomic E-state index is 12.4. The summed E-state index contributed by atoms with van der Waals surface area (Å²) in [6.07, 6.45) is 4.98. The zero-order chi connectivity index (χ0) is 17.1. The molecule has 0 radical (unpaired) electrons. The van der Waals surface area contributed by atoms with Crippen molar-refractivity contribution in [1.29, 1.82) is 0 Å². The third-order valence-corrected chi connectivity index (χ3v) is 6.30. The fourth-order valence-corrected chi connectivity index (χ4v) is 4.88. The van der Waals surface area contributed by atoms with Crippen LogP contribution in [0.2, 0.25) is 0 Å². The molecule has 2 aromatic rings. The number of ether oxygens (including phenoxy) is 1. The lowest BCUT2D eigenvalue weighted by Crippen LogP contribution is -2.53. The average Bonchev–Trinajstić information content (AvgIpc) is 3.07. The van der Waals surface area contributed by atoms with Crippen molar-refractivity contribution in [2.24, 2.45) is 5.92 Å². The third kappa shape index (κ3) is 4.55. The summed E-state index contributed by atoms with van der Waals surface area (Å²) >= 11 is 1.75. The number of morpholine rings is 1. The molecule has 3 atom stereocenters. The number of para-hydroxylation sites is 1. The number of nitrogens with zero attached hydrogens (tertiary/aromatic N) is 1. The lowest BCUT2D eigenvalue weighted by molar-refractivity contribution is -0.128. The van der Waals surface area contributed by atoms with Gasteiger partial charge in [0, 0.05) is 31.5 Å². The van der Waals surface area contributed by atoms with Crippen molar-refractivity contribution in [1.82, 2.24) is 15.6 Å². The van der Waals surface area contributed by atoms with Crippen molar-refractivity contribution in [2.45, 2.75) is 44.2 Å². The number of hydrogen-bond donors (Lipinski definition) is 2. The molecule has 26 heavy (non-hydrogen) atoms. The fourth-order valence-electron chi connectivity index (χ4n) is 3.87. The number of thiazole rings is 1. The van der Waals surface area contributed by atoms with Crippen LogP contribution in [-0.4, -0.2) is 42.7 Å². The van der Waals surface area contributed by atoms with Crippen LogP contribution in [-0.2, 0) is 16.0 Å². The van der Waals surface area contributed by atoms with E-state index in [1.807, 2.05) is 12.1 Å². The number of halogens is 1. The second-order valence-electron chi connectivity index (χ2n) is 6.95. The van der Waals surface area contributed by atoms with Crippen LogP contribution in [0.15, 0.2) is 24.3 Å². The maximum Gasteiger partial charge on any atom is 0.223 e. The highest BCUT2D eigenvalue weighted by atomic mass is 35.5. The van der Waals surface area contributed by atoms with E-state index in [0.29, 0.717) is 12.1 Å². The summed E-state index contributed by atoms with van der Waals surface area (Å²) < 4.78 is 7.02. The minimum atomic E-state index is 0. The van der Waals surface area contributed by atoms with Crippen molar-refractivity contribution in [3.8, 4) is 0 Å². The Balaban J connectivity index is 0.00000196. The van der Waals surface area contributed by atoms with Crippen LogP contribution in [0, 0.1) is 5.92 Å². The molecular weight excluding hydrogens is 370 g/mol. The molecule has 2 fully saturated rings. The quantitative estimate of drug-likeness (QED) is 0.764. The molecule has 7 heteroatoms. The Hall–Kier alpha value is -1.21. The van der Waals surface area contributed by atoms with Crippen LogP contribution in [0.4, 0.5) is 0 Å². The third-order valence-electron chi connectivity index (χ3n) is 5.20. The smallest absolute Gasteiger partial charge is 0.223 e. The normalized spacial score (nSPS) is 25.3. The number of carbonyl (C=O) groups excluding carboxylic acids is 1. The van der Waals surface area contributed by atoms with Gasteiger partial charge in [-0.25, -0.2) is 4.98 Å². The first-order valence-electron chi connectivity index (χ1n) is 9.27. The molecule has 1 saturated heterocycles. The molecular formula is C19H26ClN3O2S. The molecule has 1 aromatic heterocycles. The molecule has 5 nitrogen and oxygen atoms in total. The molecule has 4 rings (SSSR count). The fraction of sp³-hybridized carbons (Fsp3) is 0.579. The van der Waals surface area contributed by atoms with Gasteiger partial charge in [0.15, 0.2) is 0 Å². The molecule has 1 saturated carbocycles. The van der Waals surface area contributed by atoms with Crippen LogP contribution >= 0.6 is 23.7 Å². The zero-order valence-corrected chi connectivity index (χ0v) is 16.4. The average molecular weight is 396 g/mol. The van der Waals surface area contributed by atoms with E-state index in [0.717, 1.165) is 62.3 Å². The molecule has 2 heterocycles. The van der Waals surface area contributed by atoms with Gasteiger partial charge in [-0.1, -0.05) is 12.1 Å². The second-order valence-corrected chi connectivity index (χ2v) is 8.06. The zero-order valence-electron chi connectivity index (χ0n) is 14.8. The number of rotatable bonds is 5. The largest absolute Gasteiger partial charge is 0.375 e. The highest BCUT2D eigenvalue weighted by Gasteiger charge is 2.35. The number of aryl methyl sites for hydroxylation is 1. The van der Waals surface area contributed by atoms with E-state index in [2.05, 4.69) is 27.8 Å². The van der Waals surface area contributed by atoms with Crippen LogP contribution in [0.1, 0.15) is 30.7 Å². The Bertz CT molecular complexity index is 705. The molecule has 2 N–H and O–H groups in total. The monoisotopic (exact) mass is 395 g/mol. The Labute approximate surface area is 164 Å². The number of amides is 1. The second kappa shape index (κ2) is 9.13. The van der Waals surface area contributed by atoms with Crippen molar-refractivity contribution in [3.63, 3.8) is 0 Å². The van der Waals surface area contributed by atoms with Crippen LogP contribution < -0.4 is 10.6 Å². The SMILES string of the molecule is Cl.O=C(NCCCc1nc2ccccc2s1)[C@H]1CC[C@H]2OCCN[C@@H]2C1. The Kier molecular flexibility index (Phi) is 6.86. The maximum absolute atomic E-state index is 12.4. The van der Waals surface area contributed by atoms with E-state index in [-0.39, 0.29) is 24.2 Å². The Morgan fingerprint density at radius 1 is 1.35 bits per heavy atom. The van der Waals surface area contributed by atoms with Crippen molar-refractivity contribution < 1.29 is 9.53 Å². The van der Waals surface area contributed by atoms with Crippen LogP contribution in [0.5, 0.6) is 0 Å². The molecule has 1 aromatic carbocycles. The van der Waals surface area contributed by atoms with Gasteiger partial charge in [0.1, 0.15) is 0 Å². The molecule has 2 aliphatic rings. The number of hydrogen-bond acceptors (Lipinski definition) is 5. The Morgan fingerprint density at radius 3 is 3.12 bits per heavy atom. The van der Waals surface area contributed by atoms with Gasteiger partial charge >= 0.3 is 0 Å². The summed E-state index contributed by atoms with van der Waals surface area (Å²) in [5.41, 5.74) is 1.07. The van der Waals surface area contributed by atoms with E-state index in [4.69, 9.17) is 4.74 Å². The number of aromatic nitrogens is 1. The summed E-state index contributed by atoms with van der Waals surface area (Å²) in [4.78, 5) is 17.1. The number of carbonyl (C=O) groups is 1. The molecule has 0 unspecified atom stereocenters. The van der Waals surface area contributed by atoms with Gasteiger partial charge in [0.05, 0.1) is 27.9 Å². The van der Waals surface area contributed by atoms with Crippen molar-refractivity contribution in [3.05, 3.63) is 29.3 Å². The van der Waals surface area contributed by atoms with Gasteiger partial charge in [-0.3, -0.25) is 4.79 Å². The van der Waals surface area contributed by atoms with Gasteiger partial charge in [-0.05, 0) is 37.8 Å². The minimum Gasteiger partial charge on any atom is -0.375 e. The Morgan fingerprint density at radius 2 is 2.23 bits per heavy atom. The summed E-state index contributed by atoms with van der Waals surface area (Å²) in [6.45, 7) is 2.42. The lowest BCUT2D eigenvalue weighted by Gasteiger charge is -2.39. The number of nitrogens with one attached hydrogen (secondary N) is 2. The van der Waals surface area contributed by atoms with E-state index in [1.54, 1.807) is 11.3 Å². The number of fused-ring (bicyclic) bond motifs is 2. The van der Waals surface area contributed by atoms with Gasteiger partial charge in [0.2, 0.25) is 5.91 Å². The van der Waals surface area contributed by atoms with Crippen molar-refractivity contribution in [2.75, 3.05) is 19.7 Å². The van der Waals surface area contributed by atoms with Gasteiger partial charge < -0.3 is 15.4 Å². The lowest BCUT2D eigenvalue weighted by atomic mass is 9.82. The molecule has 1 amide bonds. The number of benzene rings is 1. The molecule has 0 bridgehead atoms. The predicted octanol–water partition coefficient (Wildman–Crippen LogP) is 2.92. The highest BCUT2D eigenvalue weighted by molar-refractivity contribution is 7.18.